The van der Waals surface area contributed by atoms with Crippen molar-refractivity contribution < 1.29 is 34.4 Å². The van der Waals surface area contributed by atoms with Crippen molar-refractivity contribution in [3.05, 3.63) is 129 Å². The van der Waals surface area contributed by atoms with Crippen molar-refractivity contribution in [3.8, 4) is 17.1 Å². The minimum atomic E-state index is -1.86. The first-order valence-corrected chi connectivity index (χ1v) is 24.6. The molecule has 7 aromatic rings. The van der Waals surface area contributed by atoms with Crippen LogP contribution in [-0.4, -0.2) is 97.7 Å². The first-order chi connectivity index (χ1) is 33.5. The highest BCUT2D eigenvalue weighted by Crippen LogP contribution is 2.41. The molecule has 2 saturated heterocycles. The number of piperidine rings is 2. The van der Waals surface area contributed by atoms with E-state index in [0.29, 0.717) is 66.9 Å². The third-order valence-corrected chi connectivity index (χ3v) is 15.2. The molecule has 5 aromatic carbocycles. The van der Waals surface area contributed by atoms with E-state index in [9.17, 15) is 29.7 Å². The van der Waals surface area contributed by atoms with Crippen LogP contribution in [0.2, 0.25) is 0 Å². The molecule has 4 N–H and O–H groups in total. The van der Waals surface area contributed by atoms with E-state index in [1.165, 1.54) is 64.7 Å². The number of carbonyl (C=O) groups is 2. The third-order valence-electron chi connectivity index (χ3n) is 15.2. The van der Waals surface area contributed by atoms with Gasteiger partial charge in [-0.2, -0.15) is 0 Å². The molecule has 0 aliphatic carbocycles. The summed E-state index contributed by atoms with van der Waals surface area (Å²) in [5, 5.41) is 41.8. The van der Waals surface area contributed by atoms with Gasteiger partial charge in [-0.15, -0.1) is 0 Å². The van der Waals surface area contributed by atoms with Crippen LogP contribution in [0.5, 0.6) is 5.75 Å². The van der Waals surface area contributed by atoms with Gasteiger partial charge in [-0.05, 0) is 132 Å². The topological polar surface area (TPSA) is 167 Å². The number of amides is 1. The Morgan fingerprint density at radius 1 is 0.826 bits per heavy atom. The summed E-state index contributed by atoms with van der Waals surface area (Å²) in [5.74, 6) is -0.266. The second-order valence-corrected chi connectivity index (χ2v) is 19.4. The zero-order valence-electron chi connectivity index (χ0n) is 39.7. The lowest BCUT2D eigenvalue weighted by Crippen LogP contribution is -2.48. The van der Waals surface area contributed by atoms with Crippen molar-refractivity contribution in [1.29, 1.82) is 0 Å². The van der Waals surface area contributed by atoms with Crippen LogP contribution in [0.15, 0.2) is 95.8 Å². The van der Waals surface area contributed by atoms with E-state index in [1.54, 1.807) is 23.6 Å². The summed E-state index contributed by atoms with van der Waals surface area (Å²) < 4.78 is 12.7. The number of likely N-dealkylation sites (tertiary alicyclic amines) is 2. The highest BCUT2D eigenvalue weighted by Gasteiger charge is 2.45. The van der Waals surface area contributed by atoms with Crippen LogP contribution in [0, 0.1) is 0 Å². The molecule has 4 aliphatic heterocycles. The van der Waals surface area contributed by atoms with E-state index in [4.69, 9.17) is 14.5 Å². The van der Waals surface area contributed by atoms with Crippen molar-refractivity contribution in [3.63, 3.8) is 0 Å². The molecule has 4 aliphatic rings. The van der Waals surface area contributed by atoms with Gasteiger partial charge in [0, 0.05) is 42.2 Å². The Bertz CT molecular complexity index is 3190. The standard InChI is InChI=1S/C33H38N4O6.C23H23NO2/c1-3-22-23-16-21(43-32(40)36-14-10-20(11-15-36)35-12-6-5-7-13-35)8-9-27(23)34-29-24(22)18-37-28(29)17-26-25(30(37)38)19-42-31(39)33(26,41)4-2;1-23(14-25,15-26)24-13-17-12-22-18-7-3-2-6-16(18)10-11-21(22)20-9-5-4-8-19(17)20/h8-9,16-17,20,41H,3-7,10-15,18-19H2,1-2H3;2-12,24-26H,13-15H2,1H3/t33-;/m0./s1. The Balaban J connectivity index is 0.000000181. The number of benzene rings is 5. The van der Waals surface area contributed by atoms with Crippen LogP contribution in [0.3, 0.4) is 0 Å². The number of aromatic nitrogens is 2. The van der Waals surface area contributed by atoms with Gasteiger partial charge in [0.05, 0.1) is 47.8 Å². The van der Waals surface area contributed by atoms with Crippen molar-refractivity contribution in [1.82, 2.24) is 24.7 Å². The summed E-state index contributed by atoms with van der Waals surface area (Å²) in [6, 6.07) is 31.2. The lowest BCUT2D eigenvalue weighted by Gasteiger charge is -2.39. The summed E-state index contributed by atoms with van der Waals surface area (Å²) in [5.41, 5.74) is 2.85. The Labute approximate surface area is 401 Å². The van der Waals surface area contributed by atoms with Gasteiger partial charge in [0.25, 0.3) is 5.56 Å². The van der Waals surface area contributed by atoms with Crippen molar-refractivity contribution >= 4 is 55.3 Å². The molecule has 0 saturated carbocycles. The van der Waals surface area contributed by atoms with Gasteiger partial charge in [-0.3, -0.25) is 4.79 Å². The summed E-state index contributed by atoms with van der Waals surface area (Å²) in [6.45, 7) is 9.83. The molecule has 1 atom stereocenters. The number of pyridine rings is 2. The van der Waals surface area contributed by atoms with Crippen LogP contribution in [0.1, 0.15) is 87.1 Å². The Morgan fingerprint density at radius 2 is 1.54 bits per heavy atom. The summed E-state index contributed by atoms with van der Waals surface area (Å²) in [4.78, 5) is 48.5. The van der Waals surface area contributed by atoms with Crippen molar-refractivity contribution in [2.75, 3.05) is 39.4 Å². The molecule has 13 nitrogen and oxygen atoms in total. The second kappa shape index (κ2) is 18.9. The molecule has 0 unspecified atom stereocenters. The number of ether oxygens (including phenoxy) is 2. The van der Waals surface area contributed by atoms with Crippen molar-refractivity contribution in [2.24, 2.45) is 0 Å². The number of carbonyl (C=O) groups excluding carboxylic acids is 2. The van der Waals surface area contributed by atoms with Gasteiger partial charge in [-0.25, -0.2) is 14.6 Å². The molecule has 0 radical (unpaired) electrons. The molecule has 1 amide bonds. The Hall–Kier alpha value is -6.22. The first kappa shape index (κ1) is 46.5. The number of nitrogens with zero attached hydrogens (tertiary/aromatic N) is 4. The van der Waals surface area contributed by atoms with E-state index in [1.807, 2.05) is 24.0 Å². The van der Waals surface area contributed by atoms with E-state index < -0.39 is 17.1 Å². The number of nitrogens with one attached hydrogen (secondary N) is 1. The minimum Gasteiger partial charge on any atom is -0.458 e. The fraction of sp³-hybridized carbons (Fsp3) is 0.393. The molecule has 2 fully saturated rings. The number of esters is 1. The molecular weight excluding hydrogens is 871 g/mol. The molecule has 2 aromatic heterocycles. The first-order valence-electron chi connectivity index (χ1n) is 24.6. The highest BCUT2D eigenvalue weighted by atomic mass is 16.6. The average molecular weight is 932 g/mol. The Kier molecular flexibility index (Phi) is 12.8. The monoisotopic (exact) mass is 931 g/mol. The van der Waals surface area contributed by atoms with Crippen LogP contribution in [-0.2, 0) is 41.2 Å². The minimum absolute atomic E-state index is 0.0951. The number of aryl methyl sites for hydroxylation is 1. The second-order valence-electron chi connectivity index (χ2n) is 19.4. The molecule has 6 heterocycles. The number of hydrogen-bond acceptors (Lipinski definition) is 11. The van der Waals surface area contributed by atoms with Gasteiger partial charge in [0.15, 0.2) is 5.60 Å². The Morgan fingerprint density at radius 3 is 2.26 bits per heavy atom. The van der Waals surface area contributed by atoms with Crippen LogP contribution < -0.4 is 15.6 Å². The highest BCUT2D eigenvalue weighted by molar-refractivity contribution is 6.18. The van der Waals surface area contributed by atoms with E-state index >= 15 is 0 Å². The molecule has 0 spiro atoms. The third kappa shape index (κ3) is 8.44. The number of rotatable bonds is 9. The maximum atomic E-state index is 13.6. The molecule has 69 heavy (non-hydrogen) atoms. The van der Waals surface area contributed by atoms with E-state index in [-0.39, 0.29) is 37.9 Å². The largest absolute Gasteiger partial charge is 0.458 e. The maximum Gasteiger partial charge on any atom is 0.415 e. The maximum absolute atomic E-state index is 13.6. The lowest BCUT2D eigenvalue weighted by atomic mass is 9.86. The molecular formula is C56H61N5O8. The summed E-state index contributed by atoms with van der Waals surface area (Å²) in [7, 11) is 0. The predicted molar refractivity (Wildman–Crippen MR) is 268 cm³/mol. The summed E-state index contributed by atoms with van der Waals surface area (Å²) in [6.07, 6.45) is 6.26. The normalized spacial score (nSPS) is 18.5. The summed E-state index contributed by atoms with van der Waals surface area (Å²) >= 11 is 0. The lowest BCUT2D eigenvalue weighted by molar-refractivity contribution is -0.172. The van der Waals surface area contributed by atoms with Crippen LogP contribution in [0.25, 0.3) is 54.6 Å². The van der Waals surface area contributed by atoms with Crippen LogP contribution in [0.4, 0.5) is 4.79 Å². The molecule has 11 rings (SSSR count). The van der Waals surface area contributed by atoms with Gasteiger partial charge in [-0.1, -0.05) is 80.9 Å². The quantitative estimate of drug-likeness (QED) is 0.0817. The van der Waals surface area contributed by atoms with E-state index in [0.717, 1.165) is 40.4 Å². The smallest absolute Gasteiger partial charge is 0.415 e. The number of hydrogen-bond donors (Lipinski definition) is 4. The van der Waals surface area contributed by atoms with Crippen LogP contribution >= 0.6 is 0 Å². The van der Waals surface area contributed by atoms with Crippen molar-refractivity contribution in [2.45, 2.75) is 103 Å². The zero-order chi connectivity index (χ0) is 48.0. The fourth-order valence-electron chi connectivity index (χ4n) is 11.0. The molecule has 0 bridgehead atoms. The fourth-order valence-corrected chi connectivity index (χ4v) is 11.0. The molecule has 13 heteroatoms. The number of fused-ring (bicyclic) bond motifs is 10. The van der Waals surface area contributed by atoms with Gasteiger partial charge in [0.2, 0.25) is 0 Å². The average Bonchev–Trinajstić information content (AvgIpc) is 3.77. The van der Waals surface area contributed by atoms with E-state index in [2.05, 4.69) is 83.9 Å². The SMILES string of the molecule is CC(CO)(CO)NCc1cc2c3ccccc3ccc2c2ccccc12.CCc1c2c(nc3ccc(OC(=O)N4CCC(N5CCCCC5)CC4)cc13)-c1cc3c(c(=O)n1C2)COC(=O)[C@]3(O)CC. The van der Waals surface area contributed by atoms with Gasteiger partial charge >= 0.3 is 12.1 Å². The number of aliphatic hydroxyl groups is 3. The number of cyclic esters (lactones) is 1. The van der Waals surface area contributed by atoms with Gasteiger partial charge in [0.1, 0.15) is 12.4 Å². The zero-order valence-corrected chi connectivity index (χ0v) is 39.7. The molecule has 358 valence electrons. The number of aliphatic hydroxyl groups excluding tert-OH is 2. The van der Waals surface area contributed by atoms with Gasteiger partial charge < -0.3 is 44.5 Å². The predicted octanol–water partition coefficient (Wildman–Crippen LogP) is 8.07.